The number of aliphatic hydroxyl groups excluding tert-OH is 1. The molecule has 2 N–H and O–H groups in total. The highest BCUT2D eigenvalue weighted by Crippen LogP contribution is 2.23. The standard InChI is InChI=1S/C13H10O3/c14-12(9-5-1-2-6-9)10-7-3-4-8-11(10)13(15)16/h1-8,14H,(H,15,16). The summed E-state index contributed by atoms with van der Waals surface area (Å²) in [5.74, 6) is -1.06. The van der Waals surface area contributed by atoms with Crippen LogP contribution in [-0.4, -0.2) is 16.2 Å². The van der Waals surface area contributed by atoms with Crippen LogP contribution in [0.1, 0.15) is 15.9 Å². The number of hydrogen-bond donors (Lipinski definition) is 2. The van der Waals surface area contributed by atoms with E-state index in [0.29, 0.717) is 11.1 Å². The molecule has 0 bridgehead atoms. The van der Waals surface area contributed by atoms with E-state index in [1.165, 1.54) is 6.07 Å². The largest absolute Gasteiger partial charge is 0.507 e. The van der Waals surface area contributed by atoms with E-state index in [0.717, 1.165) is 0 Å². The molecule has 0 saturated carbocycles. The highest BCUT2D eigenvalue weighted by atomic mass is 16.4. The maximum atomic E-state index is 11.0. The van der Waals surface area contributed by atoms with Crippen LogP contribution < -0.4 is 0 Å². The summed E-state index contributed by atoms with van der Waals surface area (Å²) in [7, 11) is 0. The van der Waals surface area contributed by atoms with Gasteiger partial charge in [0.05, 0.1) is 5.56 Å². The molecule has 80 valence electrons. The van der Waals surface area contributed by atoms with E-state index < -0.39 is 5.97 Å². The summed E-state index contributed by atoms with van der Waals surface area (Å²) in [6.45, 7) is 0. The van der Waals surface area contributed by atoms with E-state index in [1.54, 1.807) is 42.5 Å². The maximum absolute atomic E-state index is 11.0. The van der Waals surface area contributed by atoms with Crippen LogP contribution in [0.25, 0.3) is 5.76 Å². The number of carboxylic acid groups (broad SMARTS) is 1. The molecule has 0 unspecified atom stereocenters. The molecule has 0 atom stereocenters. The molecule has 0 aliphatic heterocycles. The lowest BCUT2D eigenvalue weighted by Crippen LogP contribution is -2.02. The lowest BCUT2D eigenvalue weighted by Gasteiger charge is -2.06. The monoisotopic (exact) mass is 214 g/mol. The van der Waals surface area contributed by atoms with Gasteiger partial charge in [-0.1, -0.05) is 42.5 Å². The highest BCUT2D eigenvalue weighted by molar-refractivity contribution is 5.94. The van der Waals surface area contributed by atoms with Crippen LogP contribution in [0.4, 0.5) is 0 Å². The fraction of sp³-hybridized carbons (Fsp3) is 0. The van der Waals surface area contributed by atoms with Gasteiger partial charge in [0.15, 0.2) is 0 Å². The topological polar surface area (TPSA) is 57.5 Å². The van der Waals surface area contributed by atoms with Crippen molar-refractivity contribution < 1.29 is 15.0 Å². The smallest absolute Gasteiger partial charge is 0.336 e. The third-order valence-electron chi connectivity index (χ3n) is 2.35. The summed E-state index contributed by atoms with van der Waals surface area (Å²) in [4.78, 5) is 11.0. The second kappa shape index (κ2) is 4.06. The average Bonchev–Trinajstić information content (AvgIpc) is 2.81. The normalized spacial score (nSPS) is 13.1. The van der Waals surface area contributed by atoms with Gasteiger partial charge in [0.2, 0.25) is 0 Å². The first kappa shape index (κ1) is 10.2. The molecule has 1 aliphatic rings. The number of rotatable bonds is 2. The van der Waals surface area contributed by atoms with E-state index in [4.69, 9.17) is 5.11 Å². The fourth-order valence-electron chi connectivity index (χ4n) is 1.56. The van der Waals surface area contributed by atoms with Crippen molar-refractivity contribution in [3.63, 3.8) is 0 Å². The van der Waals surface area contributed by atoms with Gasteiger partial charge in [0, 0.05) is 11.1 Å². The molecule has 0 radical (unpaired) electrons. The van der Waals surface area contributed by atoms with Crippen molar-refractivity contribution in [2.75, 3.05) is 0 Å². The van der Waals surface area contributed by atoms with Gasteiger partial charge in [-0.05, 0) is 6.07 Å². The van der Waals surface area contributed by atoms with Gasteiger partial charge in [0.25, 0.3) is 0 Å². The van der Waals surface area contributed by atoms with Crippen molar-refractivity contribution in [1.29, 1.82) is 0 Å². The van der Waals surface area contributed by atoms with Gasteiger partial charge < -0.3 is 10.2 Å². The SMILES string of the molecule is O=C(O)c1ccccc1C(O)=C1C=CC=C1. The zero-order valence-electron chi connectivity index (χ0n) is 8.42. The second-order valence-electron chi connectivity index (χ2n) is 3.37. The minimum Gasteiger partial charge on any atom is -0.507 e. The molecule has 3 heteroatoms. The van der Waals surface area contributed by atoms with Crippen molar-refractivity contribution >= 4 is 11.7 Å². The van der Waals surface area contributed by atoms with E-state index in [-0.39, 0.29) is 11.3 Å². The molecule has 0 heterocycles. The molecule has 0 spiro atoms. The minimum atomic E-state index is -1.05. The van der Waals surface area contributed by atoms with Crippen LogP contribution in [0.3, 0.4) is 0 Å². The summed E-state index contributed by atoms with van der Waals surface area (Å²) in [6.07, 6.45) is 7.03. The third-order valence-corrected chi connectivity index (χ3v) is 2.35. The van der Waals surface area contributed by atoms with Gasteiger partial charge >= 0.3 is 5.97 Å². The van der Waals surface area contributed by atoms with Crippen LogP contribution in [0.5, 0.6) is 0 Å². The molecule has 2 rings (SSSR count). The van der Waals surface area contributed by atoms with E-state index in [9.17, 15) is 9.90 Å². The van der Waals surface area contributed by atoms with Crippen LogP contribution in [0, 0.1) is 0 Å². The quantitative estimate of drug-likeness (QED) is 0.744. The number of allylic oxidation sites excluding steroid dienone is 5. The van der Waals surface area contributed by atoms with E-state index in [1.807, 2.05) is 0 Å². The van der Waals surface area contributed by atoms with Crippen LogP contribution >= 0.6 is 0 Å². The zero-order valence-corrected chi connectivity index (χ0v) is 8.42. The maximum Gasteiger partial charge on any atom is 0.336 e. The number of aliphatic hydroxyl groups is 1. The van der Waals surface area contributed by atoms with Crippen molar-refractivity contribution in [2.45, 2.75) is 0 Å². The Labute approximate surface area is 92.7 Å². The van der Waals surface area contributed by atoms with Gasteiger partial charge in [-0.15, -0.1) is 0 Å². The van der Waals surface area contributed by atoms with Gasteiger partial charge in [-0.25, -0.2) is 4.79 Å². The number of aromatic carboxylic acids is 1. The van der Waals surface area contributed by atoms with Crippen LogP contribution in [0.2, 0.25) is 0 Å². The lowest BCUT2D eigenvalue weighted by atomic mass is 10.0. The molecule has 3 nitrogen and oxygen atoms in total. The van der Waals surface area contributed by atoms with Crippen LogP contribution in [-0.2, 0) is 0 Å². The molecule has 0 fully saturated rings. The Hall–Kier alpha value is -2.29. The first-order chi connectivity index (χ1) is 7.70. The molecule has 1 aromatic carbocycles. The zero-order chi connectivity index (χ0) is 11.5. The Kier molecular flexibility index (Phi) is 2.60. The second-order valence-corrected chi connectivity index (χ2v) is 3.37. The summed E-state index contributed by atoms with van der Waals surface area (Å²) in [5, 5.41) is 19.0. The van der Waals surface area contributed by atoms with Crippen LogP contribution in [0.15, 0.2) is 54.1 Å². The van der Waals surface area contributed by atoms with Crippen molar-refractivity contribution in [1.82, 2.24) is 0 Å². The molecular formula is C13H10O3. The Morgan fingerprint density at radius 1 is 0.938 bits per heavy atom. The summed E-state index contributed by atoms with van der Waals surface area (Å²) < 4.78 is 0. The van der Waals surface area contributed by atoms with Gasteiger partial charge in [0.1, 0.15) is 5.76 Å². The van der Waals surface area contributed by atoms with E-state index >= 15 is 0 Å². The number of carbonyl (C=O) groups is 1. The molecule has 16 heavy (non-hydrogen) atoms. The summed E-state index contributed by atoms with van der Waals surface area (Å²) in [6, 6.07) is 6.38. The minimum absolute atomic E-state index is 0.0111. The molecule has 1 aromatic rings. The van der Waals surface area contributed by atoms with E-state index in [2.05, 4.69) is 0 Å². The third kappa shape index (κ3) is 1.75. The number of hydrogen-bond acceptors (Lipinski definition) is 2. The molecule has 0 amide bonds. The predicted octanol–water partition coefficient (Wildman–Crippen LogP) is 2.78. The fourth-order valence-corrected chi connectivity index (χ4v) is 1.56. The Bertz CT molecular complexity index is 508. The van der Waals surface area contributed by atoms with Gasteiger partial charge in [-0.2, -0.15) is 0 Å². The van der Waals surface area contributed by atoms with Crippen molar-refractivity contribution in [3.05, 3.63) is 65.3 Å². The van der Waals surface area contributed by atoms with Crippen molar-refractivity contribution in [3.8, 4) is 0 Å². The first-order valence-electron chi connectivity index (χ1n) is 4.81. The Morgan fingerprint density at radius 3 is 2.06 bits per heavy atom. The summed E-state index contributed by atoms with van der Waals surface area (Å²) in [5.41, 5.74) is 1.05. The molecule has 1 aliphatic carbocycles. The predicted molar refractivity (Wildman–Crippen MR) is 61.2 cm³/mol. The number of benzene rings is 1. The first-order valence-corrected chi connectivity index (χ1v) is 4.81. The Morgan fingerprint density at radius 2 is 1.50 bits per heavy atom. The number of carboxylic acids is 1. The highest BCUT2D eigenvalue weighted by Gasteiger charge is 2.14. The lowest BCUT2D eigenvalue weighted by molar-refractivity contribution is 0.0696. The molecule has 0 saturated heterocycles. The average molecular weight is 214 g/mol. The van der Waals surface area contributed by atoms with Crippen molar-refractivity contribution in [2.24, 2.45) is 0 Å². The summed E-state index contributed by atoms with van der Waals surface area (Å²) >= 11 is 0. The Balaban J connectivity index is 2.56. The van der Waals surface area contributed by atoms with Gasteiger partial charge in [-0.3, -0.25) is 0 Å². The molecule has 0 aromatic heterocycles. The molecular weight excluding hydrogens is 204 g/mol.